The fourth-order valence-corrected chi connectivity index (χ4v) is 6.50. The lowest BCUT2D eigenvalue weighted by Gasteiger charge is -2.33. The lowest BCUT2D eigenvalue weighted by molar-refractivity contribution is -0.134. The van der Waals surface area contributed by atoms with Crippen LogP contribution in [0.15, 0.2) is 45.9 Å². The fraction of sp³-hybridized carbons (Fsp3) is 0.455. The highest BCUT2D eigenvalue weighted by molar-refractivity contribution is 9.10. The molecule has 31 heavy (non-hydrogen) atoms. The summed E-state index contributed by atoms with van der Waals surface area (Å²) in [6, 6.07) is 9.81. The van der Waals surface area contributed by atoms with Crippen molar-refractivity contribution in [3.63, 3.8) is 0 Å². The molecule has 2 aromatic rings. The summed E-state index contributed by atoms with van der Waals surface area (Å²) in [4.78, 5) is 15.2. The van der Waals surface area contributed by atoms with Crippen LogP contribution in [0.25, 0.3) is 0 Å². The number of hydrogen-bond acceptors (Lipinski definition) is 4. The number of piperidine rings is 1. The molecule has 1 amide bonds. The molecule has 1 atom stereocenters. The average Bonchev–Trinajstić information content (AvgIpc) is 3.18. The second-order valence-electron chi connectivity index (χ2n) is 8.05. The molecule has 0 bridgehead atoms. The Morgan fingerprint density at radius 1 is 1.29 bits per heavy atom. The standard InChI is InChI=1S/C22H27BrN4O3S/c1-16-8-12-27(13-9-16)22(28)20(10-14-26-11-4-6-18(26)15-24)25-31(29,30)21-17(2)5-3-7-19(21)23/h3-7,11,16,20,25H,8-10,12-14H2,1-2H3. The van der Waals surface area contributed by atoms with Crippen LogP contribution >= 0.6 is 15.9 Å². The Morgan fingerprint density at radius 3 is 2.65 bits per heavy atom. The first-order chi connectivity index (χ1) is 14.7. The quantitative estimate of drug-likeness (QED) is 0.622. The van der Waals surface area contributed by atoms with Crippen LogP contribution in [-0.2, 0) is 21.4 Å². The van der Waals surface area contributed by atoms with Crippen LogP contribution in [0.5, 0.6) is 0 Å². The van der Waals surface area contributed by atoms with Gasteiger partial charge in [0.1, 0.15) is 17.8 Å². The van der Waals surface area contributed by atoms with E-state index in [1.807, 2.05) is 0 Å². The molecule has 1 aromatic heterocycles. The van der Waals surface area contributed by atoms with Crippen LogP contribution in [0.3, 0.4) is 0 Å². The van der Waals surface area contributed by atoms with Gasteiger partial charge < -0.3 is 9.47 Å². The molecule has 1 aliphatic rings. The highest BCUT2D eigenvalue weighted by atomic mass is 79.9. The number of aromatic nitrogens is 1. The smallest absolute Gasteiger partial charge is 0.242 e. The minimum Gasteiger partial charge on any atom is -0.341 e. The molecule has 1 N–H and O–H groups in total. The molecule has 1 aromatic carbocycles. The topological polar surface area (TPSA) is 95.2 Å². The summed E-state index contributed by atoms with van der Waals surface area (Å²) in [5.41, 5.74) is 1.07. The van der Waals surface area contributed by atoms with E-state index in [1.165, 1.54) is 0 Å². The van der Waals surface area contributed by atoms with E-state index >= 15 is 0 Å². The Hall–Kier alpha value is -2.15. The third-order valence-corrected chi connectivity index (χ3v) is 8.32. The van der Waals surface area contributed by atoms with Gasteiger partial charge in [-0.05, 0) is 71.8 Å². The number of nitrogens with zero attached hydrogens (tertiary/aromatic N) is 3. The van der Waals surface area contributed by atoms with Gasteiger partial charge >= 0.3 is 0 Å². The summed E-state index contributed by atoms with van der Waals surface area (Å²) >= 11 is 3.33. The van der Waals surface area contributed by atoms with Crippen LogP contribution in [0, 0.1) is 24.2 Å². The first-order valence-electron chi connectivity index (χ1n) is 10.3. The zero-order chi connectivity index (χ0) is 22.6. The number of rotatable bonds is 7. The van der Waals surface area contributed by atoms with Gasteiger partial charge in [0.15, 0.2) is 0 Å². The van der Waals surface area contributed by atoms with Gasteiger partial charge in [-0.1, -0.05) is 19.1 Å². The molecule has 2 heterocycles. The second kappa shape index (κ2) is 9.98. The van der Waals surface area contributed by atoms with E-state index in [-0.39, 0.29) is 17.2 Å². The Labute approximate surface area is 192 Å². The Bertz CT molecular complexity index is 1060. The van der Waals surface area contributed by atoms with E-state index in [1.54, 1.807) is 52.9 Å². The number of benzene rings is 1. The lowest BCUT2D eigenvalue weighted by Crippen LogP contribution is -2.51. The van der Waals surface area contributed by atoms with Gasteiger partial charge in [0, 0.05) is 30.3 Å². The zero-order valence-electron chi connectivity index (χ0n) is 17.7. The summed E-state index contributed by atoms with van der Waals surface area (Å²) in [5, 5.41) is 9.24. The van der Waals surface area contributed by atoms with Crippen molar-refractivity contribution in [2.24, 2.45) is 5.92 Å². The van der Waals surface area contributed by atoms with Crippen molar-refractivity contribution in [2.75, 3.05) is 13.1 Å². The molecular weight excluding hydrogens is 480 g/mol. The van der Waals surface area contributed by atoms with Crippen molar-refractivity contribution >= 4 is 31.9 Å². The van der Waals surface area contributed by atoms with Crippen molar-refractivity contribution in [3.8, 4) is 6.07 Å². The van der Waals surface area contributed by atoms with Crippen LogP contribution in [-0.4, -0.2) is 42.9 Å². The number of halogens is 1. The third-order valence-electron chi connectivity index (χ3n) is 5.73. The maximum absolute atomic E-state index is 13.3. The number of hydrogen-bond donors (Lipinski definition) is 1. The van der Waals surface area contributed by atoms with Gasteiger partial charge in [0.2, 0.25) is 15.9 Å². The van der Waals surface area contributed by atoms with Gasteiger partial charge in [-0.15, -0.1) is 0 Å². The van der Waals surface area contributed by atoms with Gasteiger partial charge in [0.25, 0.3) is 0 Å². The van der Waals surface area contributed by atoms with Crippen molar-refractivity contribution in [1.82, 2.24) is 14.2 Å². The molecule has 9 heteroatoms. The number of aryl methyl sites for hydroxylation is 2. The summed E-state index contributed by atoms with van der Waals surface area (Å²) in [6.45, 7) is 5.49. The number of nitrogens with one attached hydrogen (secondary N) is 1. The van der Waals surface area contributed by atoms with Crippen LogP contribution in [0.1, 0.15) is 37.4 Å². The summed E-state index contributed by atoms with van der Waals surface area (Å²) < 4.78 is 31.3. The number of carbonyl (C=O) groups excluding carboxylic acids is 1. The molecule has 1 saturated heterocycles. The lowest BCUT2D eigenvalue weighted by atomic mass is 9.98. The van der Waals surface area contributed by atoms with Gasteiger partial charge in [-0.25, -0.2) is 8.42 Å². The Balaban J connectivity index is 1.86. The van der Waals surface area contributed by atoms with Crippen molar-refractivity contribution < 1.29 is 13.2 Å². The van der Waals surface area contributed by atoms with Crippen molar-refractivity contribution in [2.45, 2.75) is 50.6 Å². The Morgan fingerprint density at radius 2 is 2.00 bits per heavy atom. The molecule has 3 rings (SSSR count). The van der Waals surface area contributed by atoms with Gasteiger partial charge in [0.05, 0.1) is 4.90 Å². The highest BCUT2D eigenvalue weighted by Crippen LogP contribution is 2.26. The van der Waals surface area contributed by atoms with Crippen LogP contribution < -0.4 is 4.72 Å². The predicted octanol–water partition coefficient (Wildman–Crippen LogP) is 3.43. The molecule has 7 nitrogen and oxygen atoms in total. The summed E-state index contributed by atoms with van der Waals surface area (Å²) in [5.74, 6) is 0.339. The number of carbonyl (C=O) groups is 1. The second-order valence-corrected chi connectivity index (χ2v) is 10.6. The number of likely N-dealkylation sites (tertiary alicyclic amines) is 1. The highest BCUT2D eigenvalue weighted by Gasteiger charge is 2.32. The van der Waals surface area contributed by atoms with E-state index in [9.17, 15) is 18.5 Å². The molecule has 1 unspecified atom stereocenters. The molecule has 1 fully saturated rings. The first kappa shape index (κ1) is 23.5. The van der Waals surface area contributed by atoms with Crippen LogP contribution in [0.4, 0.5) is 0 Å². The molecule has 166 valence electrons. The van der Waals surface area contributed by atoms with E-state index in [4.69, 9.17) is 0 Å². The minimum absolute atomic E-state index is 0.138. The number of amides is 1. The zero-order valence-corrected chi connectivity index (χ0v) is 20.1. The van der Waals surface area contributed by atoms with E-state index in [0.29, 0.717) is 41.3 Å². The third kappa shape index (κ3) is 5.56. The van der Waals surface area contributed by atoms with Gasteiger partial charge in [-0.2, -0.15) is 9.98 Å². The average molecular weight is 507 g/mol. The van der Waals surface area contributed by atoms with Crippen LogP contribution in [0.2, 0.25) is 0 Å². The molecule has 0 radical (unpaired) electrons. The monoisotopic (exact) mass is 506 g/mol. The normalized spacial score (nSPS) is 16.1. The predicted molar refractivity (Wildman–Crippen MR) is 122 cm³/mol. The number of nitriles is 1. The van der Waals surface area contributed by atoms with E-state index in [2.05, 4.69) is 33.6 Å². The molecular formula is C22H27BrN4O3S. The molecule has 0 aliphatic carbocycles. The Kier molecular flexibility index (Phi) is 7.57. The van der Waals surface area contributed by atoms with Gasteiger partial charge in [-0.3, -0.25) is 4.79 Å². The summed E-state index contributed by atoms with van der Waals surface area (Å²) in [6.07, 6.45) is 3.82. The molecule has 0 spiro atoms. The SMILES string of the molecule is Cc1cccc(Br)c1S(=O)(=O)NC(CCn1cccc1C#N)C(=O)N1CCC(C)CC1. The summed E-state index contributed by atoms with van der Waals surface area (Å²) in [7, 11) is -3.94. The molecule has 1 aliphatic heterocycles. The van der Waals surface area contributed by atoms with Crippen molar-refractivity contribution in [1.29, 1.82) is 5.26 Å². The van der Waals surface area contributed by atoms with Crippen molar-refractivity contribution in [3.05, 3.63) is 52.3 Å². The van der Waals surface area contributed by atoms with E-state index < -0.39 is 16.1 Å². The fourth-order valence-electron chi connectivity index (χ4n) is 3.86. The maximum atomic E-state index is 13.3. The maximum Gasteiger partial charge on any atom is 0.242 e. The molecule has 0 saturated carbocycles. The van der Waals surface area contributed by atoms with E-state index in [0.717, 1.165) is 12.8 Å². The minimum atomic E-state index is -3.94. The number of sulfonamides is 1. The first-order valence-corrected chi connectivity index (χ1v) is 12.6. The largest absolute Gasteiger partial charge is 0.341 e.